The zero-order valence-electron chi connectivity index (χ0n) is 16.8. The summed E-state index contributed by atoms with van der Waals surface area (Å²) in [4.78, 5) is 31.5. The second-order valence-corrected chi connectivity index (χ2v) is 8.48. The molecule has 1 saturated heterocycles. The van der Waals surface area contributed by atoms with E-state index < -0.39 is 11.7 Å². The Labute approximate surface area is 182 Å². The summed E-state index contributed by atoms with van der Waals surface area (Å²) in [6.07, 6.45) is -4.11. The number of amides is 2. The SMILES string of the molecule is O=C(CCN1C(=O)CSc2ccccc21)N1CCN(c2ccc(C(F)(F)F)cc2)CC1. The summed E-state index contributed by atoms with van der Waals surface area (Å²) in [5.41, 5.74) is 0.897. The predicted molar refractivity (Wildman–Crippen MR) is 114 cm³/mol. The summed E-state index contributed by atoms with van der Waals surface area (Å²) in [5, 5.41) is 0. The topological polar surface area (TPSA) is 43.9 Å². The van der Waals surface area contributed by atoms with Gasteiger partial charge in [-0.25, -0.2) is 0 Å². The molecule has 0 atom stereocenters. The molecule has 2 heterocycles. The number of para-hydroxylation sites is 1. The summed E-state index contributed by atoms with van der Waals surface area (Å²) in [6.45, 7) is 2.45. The summed E-state index contributed by atoms with van der Waals surface area (Å²) < 4.78 is 38.2. The fourth-order valence-corrected chi connectivity index (χ4v) is 4.78. The van der Waals surface area contributed by atoms with Crippen molar-refractivity contribution in [2.45, 2.75) is 17.5 Å². The first-order valence-corrected chi connectivity index (χ1v) is 11.0. The van der Waals surface area contributed by atoms with E-state index in [1.165, 1.54) is 23.9 Å². The average Bonchev–Trinajstić information content (AvgIpc) is 2.78. The predicted octanol–water partition coefficient (Wildman–Crippen LogP) is 3.88. The Morgan fingerprint density at radius 1 is 0.968 bits per heavy atom. The molecular formula is C22H22F3N3O2S. The van der Waals surface area contributed by atoms with Crippen molar-refractivity contribution in [1.29, 1.82) is 0 Å². The Bertz CT molecular complexity index is 957. The second-order valence-electron chi connectivity index (χ2n) is 7.46. The molecule has 2 amide bonds. The largest absolute Gasteiger partial charge is 0.416 e. The highest BCUT2D eigenvalue weighted by molar-refractivity contribution is 8.00. The van der Waals surface area contributed by atoms with Gasteiger partial charge in [0.2, 0.25) is 11.8 Å². The van der Waals surface area contributed by atoms with Gasteiger partial charge < -0.3 is 14.7 Å². The number of rotatable bonds is 4. The van der Waals surface area contributed by atoms with Gasteiger partial charge in [-0.3, -0.25) is 9.59 Å². The van der Waals surface area contributed by atoms with Crippen LogP contribution in [0, 0.1) is 0 Å². The molecule has 1 fully saturated rings. The number of alkyl halides is 3. The third-order valence-electron chi connectivity index (χ3n) is 5.55. The number of carbonyl (C=O) groups excluding carboxylic acids is 2. The Morgan fingerprint density at radius 3 is 2.32 bits per heavy atom. The van der Waals surface area contributed by atoms with Gasteiger partial charge in [0.15, 0.2) is 0 Å². The summed E-state index contributed by atoms with van der Waals surface area (Å²) in [7, 11) is 0. The van der Waals surface area contributed by atoms with Crippen molar-refractivity contribution < 1.29 is 22.8 Å². The monoisotopic (exact) mass is 449 g/mol. The fraction of sp³-hybridized carbons (Fsp3) is 0.364. The van der Waals surface area contributed by atoms with E-state index in [4.69, 9.17) is 0 Å². The van der Waals surface area contributed by atoms with Crippen molar-refractivity contribution in [2.75, 3.05) is 48.3 Å². The molecule has 9 heteroatoms. The standard InChI is InChI=1S/C22H22F3N3O2S/c23-22(24,25)16-5-7-17(8-6-16)26-11-13-27(14-12-26)20(29)9-10-28-18-3-1-2-4-19(18)31-15-21(28)30/h1-8H,9-15H2. The maximum absolute atomic E-state index is 12.7. The van der Waals surface area contributed by atoms with Crippen LogP contribution in [0.15, 0.2) is 53.4 Å². The highest BCUT2D eigenvalue weighted by Gasteiger charge is 2.31. The molecule has 0 N–H and O–H groups in total. The lowest BCUT2D eigenvalue weighted by Crippen LogP contribution is -2.49. The first-order chi connectivity index (χ1) is 14.8. The highest BCUT2D eigenvalue weighted by Crippen LogP contribution is 2.35. The minimum Gasteiger partial charge on any atom is -0.368 e. The lowest BCUT2D eigenvalue weighted by Gasteiger charge is -2.37. The third-order valence-corrected chi connectivity index (χ3v) is 6.60. The second kappa shape index (κ2) is 8.82. The van der Waals surface area contributed by atoms with Gasteiger partial charge in [0, 0.05) is 49.7 Å². The quantitative estimate of drug-likeness (QED) is 0.711. The number of fused-ring (bicyclic) bond motifs is 1. The van der Waals surface area contributed by atoms with Gasteiger partial charge in [0.1, 0.15) is 0 Å². The molecule has 2 aliphatic rings. The summed E-state index contributed by atoms with van der Waals surface area (Å²) in [5.74, 6) is 0.357. The molecule has 164 valence electrons. The van der Waals surface area contributed by atoms with Gasteiger partial charge in [-0.2, -0.15) is 13.2 Å². The minimum atomic E-state index is -4.35. The molecule has 0 radical (unpaired) electrons. The van der Waals surface area contributed by atoms with E-state index in [2.05, 4.69) is 0 Å². The van der Waals surface area contributed by atoms with Crippen molar-refractivity contribution in [3.05, 3.63) is 54.1 Å². The third kappa shape index (κ3) is 4.81. The lowest BCUT2D eigenvalue weighted by molar-refractivity contribution is -0.137. The first-order valence-electron chi connectivity index (χ1n) is 10.0. The van der Waals surface area contributed by atoms with Gasteiger partial charge in [-0.05, 0) is 36.4 Å². The van der Waals surface area contributed by atoms with E-state index in [-0.39, 0.29) is 18.2 Å². The van der Waals surface area contributed by atoms with Gasteiger partial charge in [0.05, 0.1) is 17.0 Å². The molecule has 2 aliphatic heterocycles. The van der Waals surface area contributed by atoms with Crippen LogP contribution in [0.1, 0.15) is 12.0 Å². The van der Waals surface area contributed by atoms with Crippen LogP contribution in [-0.2, 0) is 15.8 Å². The van der Waals surface area contributed by atoms with Gasteiger partial charge in [-0.15, -0.1) is 11.8 Å². The van der Waals surface area contributed by atoms with E-state index in [0.717, 1.165) is 22.7 Å². The van der Waals surface area contributed by atoms with Crippen molar-refractivity contribution >= 4 is 35.0 Å². The zero-order valence-corrected chi connectivity index (χ0v) is 17.6. The van der Waals surface area contributed by atoms with E-state index >= 15 is 0 Å². The number of hydrogen-bond acceptors (Lipinski definition) is 4. The van der Waals surface area contributed by atoms with Crippen LogP contribution in [0.5, 0.6) is 0 Å². The number of halogens is 3. The van der Waals surface area contributed by atoms with Crippen molar-refractivity contribution in [3.63, 3.8) is 0 Å². The maximum atomic E-state index is 12.7. The molecule has 0 unspecified atom stereocenters. The number of anilines is 2. The Kier molecular flexibility index (Phi) is 6.13. The summed E-state index contributed by atoms with van der Waals surface area (Å²) in [6, 6.07) is 12.8. The molecule has 31 heavy (non-hydrogen) atoms. The molecule has 5 nitrogen and oxygen atoms in total. The molecule has 2 aromatic carbocycles. The molecule has 2 aromatic rings. The van der Waals surface area contributed by atoms with E-state index in [0.29, 0.717) is 44.2 Å². The average molecular weight is 449 g/mol. The van der Waals surface area contributed by atoms with Crippen LogP contribution in [0.3, 0.4) is 0 Å². The minimum absolute atomic E-state index is 0.00335. The number of nitrogens with zero attached hydrogens (tertiary/aromatic N) is 3. The smallest absolute Gasteiger partial charge is 0.368 e. The van der Waals surface area contributed by atoms with Crippen LogP contribution in [0.4, 0.5) is 24.5 Å². The molecule has 0 saturated carbocycles. The highest BCUT2D eigenvalue weighted by atomic mass is 32.2. The number of piperazine rings is 1. The van der Waals surface area contributed by atoms with E-state index in [1.54, 1.807) is 9.80 Å². The molecule has 0 aromatic heterocycles. The zero-order chi connectivity index (χ0) is 22.0. The van der Waals surface area contributed by atoms with Crippen molar-refractivity contribution in [2.24, 2.45) is 0 Å². The van der Waals surface area contributed by atoms with Crippen LogP contribution >= 0.6 is 11.8 Å². The van der Waals surface area contributed by atoms with Crippen LogP contribution in [0.25, 0.3) is 0 Å². The van der Waals surface area contributed by atoms with Gasteiger partial charge in [-0.1, -0.05) is 12.1 Å². The van der Waals surface area contributed by atoms with Gasteiger partial charge in [0.25, 0.3) is 0 Å². The van der Waals surface area contributed by atoms with E-state index in [9.17, 15) is 22.8 Å². The molecule has 4 rings (SSSR count). The number of thioether (sulfide) groups is 1. The maximum Gasteiger partial charge on any atom is 0.416 e. The van der Waals surface area contributed by atoms with Crippen molar-refractivity contribution in [1.82, 2.24) is 4.90 Å². The van der Waals surface area contributed by atoms with E-state index in [1.807, 2.05) is 29.2 Å². The summed E-state index contributed by atoms with van der Waals surface area (Å²) >= 11 is 1.51. The Balaban J connectivity index is 1.30. The Morgan fingerprint density at radius 2 is 1.65 bits per heavy atom. The van der Waals surface area contributed by atoms with Crippen molar-refractivity contribution in [3.8, 4) is 0 Å². The normalized spacial score (nSPS) is 17.0. The number of hydrogen-bond donors (Lipinski definition) is 0. The van der Waals surface area contributed by atoms with Crippen LogP contribution < -0.4 is 9.80 Å². The first kappa shape index (κ1) is 21.5. The molecule has 0 bridgehead atoms. The van der Waals surface area contributed by atoms with Gasteiger partial charge >= 0.3 is 6.18 Å². The fourth-order valence-electron chi connectivity index (χ4n) is 3.84. The lowest BCUT2D eigenvalue weighted by atomic mass is 10.1. The van der Waals surface area contributed by atoms with Crippen LogP contribution in [-0.4, -0.2) is 55.2 Å². The number of carbonyl (C=O) groups is 2. The molecule has 0 aliphatic carbocycles. The van der Waals surface area contributed by atoms with Crippen LogP contribution in [0.2, 0.25) is 0 Å². The Hall–Kier alpha value is -2.68. The molecular weight excluding hydrogens is 427 g/mol. The number of benzene rings is 2. The molecule has 0 spiro atoms.